The van der Waals surface area contributed by atoms with E-state index in [9.17, 15) is 13.2 Å². The minimum atomic E-state index is -2.86. The molecule has 0 aliphatic carbocycles. The number of hydrogen-bond donors (Lipinski definition) is 2. The van der Waals surface area contributed by atoms with Crippen LogP contribution < -0.4 is 5.32 Å². The van der Waals surface area contributed by atoms with Crippen molar-refractivity contribution in [3.05, 3.63) is 0 Å². The summed E-state index contributed by atoms with van der Waals surface area (Å²) in [6.07, 6.45) is 2.89. The summed E-state index contributed by atoms with van der Waals surface area (Å²) >= 11 is 0. The third-order valence-electron chi connectivity index (χ3n) is 3.68. The summed E-state index contributed by atoms with van der Waals surface area (Å²) < 4.78 is 22.9. The molecule has 0 aromatic rings. The van der Waals surface area contributed by atoms with Crippen molar-refractivity contribution >= 4 is 15.8 Å². The molecule has 0 amide bonds. The number of carboxylic acids is 1. The Kier molecular flexibility index (Phi) is 7.47. The fraction of sp³-hybridized carbons (Fsp3) is 0.923. The minimum Gasteiger partial charge on any atom is -0.480 e. The number of likely N-dealkylation sites (tertiary alicyclic amines) is 1. The van der Waals surface area contributed by atoms with Gasteiger partial charge in [-0.25, -0.2) is 8.42 Å². The number of carboxylic acid groups (broad SMARTS) is 1. The van der Waals surface area contributed by atoms with Crippen molar-refractivity contribution < 1.29 is 18.3 Å². The quantitative estimate of drug-likeness (QED) is 0.633. The number of nitrogens with zero attached hydrogens (tertiary/aromatic N) is 1. The number of rotatable bonds is 9. The number of hydrogen-bond acceptors (Lipinski definition) is 5. The first-order valence-electron chi connectivity index (χ1n) is 7.28. The van der Waals surface area contributed by atoms with Crippen LogP contribution >= 0.6 is 0 Å². The largest absolute Gasteiger partial charge is 0.480 e. The van der Waals surface area contributed by atoms with E-state index in [2.05, 4.69) is 10.2 Å². The lowest BCUT2D eigenvalue weighted by Gasteiger charge is -2.32. The second-order valence-electron chi connectivity index (χ2n) is 5.42. The molecule has 1 heterocycles. The maximum Gasteiger partial charge on any atom is 0.317 e. The first-order chi connectivity index (χ1) is 9.43. The Labute approximate surface area is 121 Å². The van der Waals surface area contributed by atoms with E-state index in [1.807, 2.05) is 0 Å². The van der Waals surface area contributed by atoms with Gasteiger partial charge in [0.05, 0.1) is 12.3 Å². The predicted molar refractivity (Wildman–Crippen MR) is 78.6 cm³/mol. The lowest BCUT2D eigenvalue weighted by molar-refractivity contribution is -0.136. The maximum absolute atomic E-state index is 11.4. The van der Waals surface area contributed by atoms with Gasteiger partial charge in [0.15, 0.2) is 0 Å². The average molecular weight is 306 g/mol. The van der Waals surface area contributed by atoms with Crippen LogP contribution in [0.25, 0.3) is 0 Å². The summed E-state index contributed by atoms with van der Waals surface area (Å²) in [5.74, 6) is 0.116. The van der Waals surface area contributed by atoms with Gasteiger partial charge in [-0.2, -0.15) is 0 Å². The van der Waals surface area contributed by atoms with Gasteiger partial charge < -0.3 is 15.3 Å². The van der Waals surface area contributed by atoms with Crippen LogP contribution in [0.4, 0.5) is 0 Å². The van der Waals surface area contributed by atoms with Crippen LogP contribution in [0.2, 0.25) is 0 Å². The van der Waals surface area contributed by atoms with E-state index >= 15 is 0 Å². The zero-order valence-corrected chi connectivity index (χ0v) is 13.0. The summed E-state index contributed by atoms with van der Waals surface area (Å²) in [7, 11) is -2.86. The van der Waals surface area contributed by atoms with E-state index in [1.165, 1.54) is 0 Å². The summed E-state index contributed by atoms with van der Waals surface area (Å²) in [6.45, 7) is 5.16. The van der Waals surface area contributed by atoms with Gasteiger partial charge in [-0.15, -0.1) is 0 Å². The van der Waals surface area contributed by atoms with Crippen LogP contribution in [0.3, 0.4) is 0 Å². The second kappa shape index (κ2) is 8.59. The fourth-order valence-electron chi connectivity index (χ4n) is 2.56. The molecule has 1 rings (SSSR count). The van der Waals surface area contributed by atoms with E-state index in [0.29, 0.717) is 12.3 Å². The topological polar surface area (TPSA) is 86.7 Å². The van der Waals surface area contributed by atoms with Crippen molar-refractivity contribution in [2.45, 2.75) is 26.2 Å². The average Bonchev–Trinajstić information content (AvgIpc) is 2.39. The van der Waals surface area contributed by atoms with Crippen LogP contribution in [0.5, 0.6) is 0 Å². The number of sulfone groups is 1. The van der Waals surface area contributed by atoms with Crippen LogP contribution in [0, 0.1) is 5.92 Å². The molecule has 0 aromatic heterocycles. The summed E-state index contributed by atoms with van der Waals surface area (Å²) in [5.41, 5.74) is 0. The Morgan fingerprint density at radius 1 is 1.45 bits per heavy atom. The smallest absolute Gasteiger partial charge is 0.317 e. The van der Waals surface area contributed by atoms with Crippen LogP contribution in [0.15, 0.2) is 0 Å². The molecule has 20 heavy (non-hydrogen) atoms. The zero-order chi connectivity index (χ0) is 15.0. The molecular weight excluding hydrogens is 280 g/mol. The third kappa shape index (κ3) is 7.21. The third-order valence-corrected chi connectivity index (χ3v) is 5.47. The highest BCUT2D eigenvalue weighted by atomic mass is 32.2. The van der Waals surface area contributed by atoms with Gasteiger partial charge in [-0.05, 0) is 44.8 Å². The molecule has 0 radical (unpaired) electrons. The van der Waals surface area contributed by atoms with Crippen LogP contribution in [-0.2, 0) is 14.6 Å². The Balaban J connectivity index is 2.22. The molecule has 0 aromatic carbocycles. The minimum absolute atomic E-state index is 0.00520. The molecule has 2 N–H and O–H groups in total. The molecule has 1 atom stereocenters. The van der Waals surface area contributed by atoms with Gasteiger partial charge in [0.2, 0.25) is 0 Å². The second-order valence-corrected chi connectivity index (χ2v) is 7.90. The lowest BCUT2D eigenvalue weighted by atomic mass is 9.98. The molecule has 7 heteroatoms. The molecule has 6 nitrogen and oxygen atoms in total. The molecular formula is C13H26N2O4S. The zero-order valence-electron chi connectivity index (χ0n) is 12.2. The number of piperidine rings is 1. The molecule has 118 valence electrons. The van der Waals surface area contributed by atoms with Gasteiger partial charge in [0.1, 0.15) is 9.84 Å². The van der Waals surface area contributed by atoms with Crippen molar-refractivity contribution in [1.82, 2.24) is 10.2 Å². The van der Waals surface area contributed by atoms with Crippen molar-refractivity contribution in [2.24, 2.45) is 5.92 Å². The van der Waals surface area contributed by atoms with E-state index in [0.717, 1.165) is 39.0 Å². The van der Waals surface area contributed by atoms with E-state index in [1.54, 1.807) is 6.92 Å². The molecule has 0 saturated carbocycles. The van der Waals surface area contributed by atoms with Crippen molar-refractivity contribution in [3.8, 4) is 0 Å². The van der Waals surface area contributed by atoms with E-state index in [4.69, 9.17) is 5.11 Å². The normalized spacial score (nSPS) is 20.9. The SMILES string of the molecule is CCS(=O)(=O)CCCN1CCCC(CNCC(=O)O)C1. The molecule has 1 aliphatic rings. The van der Waals surface area contributed by atoms with Crippen LogP contribution in [0.1, 0.15) is 26.2 Å². The maximum atomic E-state index is 11.4. The molecule has 1 aliphatic heterocycles. The molecule has 1 saturated heterocycles. The molecule has 1 fully saturated rings. The molecule has 0 spiro atoms. The van der Waals surface area contributed by atoms with Crippen LogP contribution in [-0.4, -0.2) is 68.6 Å². The van der Waals surface area contributed by atoms with Gasteiger partial charge in [0, 0.05) is 12.3 Å². The number of nitrogens with one attached hydrogen (secondary N) is 1. The van der Waals surface area contributed by atoms with E-state index in [-0.39, 0.29) is 18.1 Å². The fourth-order valence-corrected chi connectivity index (χ4v) is 3.41. The van der Waals surface area contributed by atoms with Gasteiger partial charge in [0.25, 0.3) is 0 Å². The lowest BCUT2D eigenvalue weighted by Crippen LogP contribution is -2.41. The highest BCUT2D eigenvalue weighted by molar-refractivity contribution is 7.91. The Morgan fingerprint density at radius 2 is 2.20 bits per heavy atom. The molecule has 1 unspecified atom stereocenters. The number of aliphatic carboxylic acids is 1. The summed E-state index contributed by atoms with van der Waals surface area (Å²) in [5, 5.41) is 11.5. The summed E-state index contributed by atoms with van der Waals surface area (Å²) in [6, 6.07) is 0. The van der Waals surface area contributed by atoms with Gasteiger partial charge >= 0.3 is 5.97 Å². The standard InChI is InChI=1S/C13H26N2O4S/c1-2-20(18,19)8-4-7-15-6-3-5-12(11-15)9-14-10-13(16)17/h12,14H,2-11H2,1H3,(H,16,17). The highest BCUT2D eigenvalue weighted by Gasteiger charge is 2.20. The predicted octanol–water partition coefficient (Wildman–Crippen LogP) is 0.197. The first-order valence-corrected chi connectivity index (χ1v) is 9.10. The van der Waals surface area contributed by atoms with Crippen molar-refractivity contribution in [1.29, 1.82) is 0 Å². The molecule has 0 bridgehead atoms. The summed E-state index contributed by atoms with van der Waals surface area (Å²) in [4.78, 5) is 12.7. The first kappa shape index (κ1) is 17.4. The van der Waals surface area contributed by atoms with E-state index < -0.39 is 15.8 Å². The van der Waals surface area contributed by atoms with Gasteiger partial charge in [-0.3, -0.25) is 4.79 Å². The van der Waals surface area contributed by atoms with Gasteiger partial charge in [-0.1, -0.05) is 6.92 Å². The Hall–Kier alpha value is -0.660. The number of carbonyl (C=O) groups is 1. The highest BCUT2D eigenvalue weighted by Crippen LogP contribution is 2.16. The Bertz CT molecular complexity index is 397. The van der Waals surface area contributed by atoms with Crippen molar-refractivity contribution in [2.75, 3.05) is 44.2 Å². The van der Waals surface area contributed by atoms with Crippen molar-refractivity contribution in [3.63, 3.8) is 0 Å². The monoisotopic (exact) mass is 306 g/mol. The Morgan fingerprint density at radius 3 is 2.85 bits per heavy atom.